The number of nitrogens with one attached hydrogen (secondary N) is 1. The van der Waals surface area contributed by atoms with Gasteiger partial charge in [0, 0.05) is 6.54 Å². The first-order valence-corrected chi connectivity index (χ1v) is 4.31. The van der Waals surface area contributed by atoms with E-state index >= 15 is 0 Å². The van der Waals surface area contributed by atoms with Crippen LogP contribution in [0.3, 0.4) is 0 Å². The smallest absolute Gasteiger partial charge is 0.312 e. The summed E-state index contributed by atoms with van der Waals surface area (Å²) in [4.78, 5) is 21.1. The fourth-order valence-electron chi connectivity index (χ4n) is 1.00. The topological polar surface area (TPSA) is 66.4 Å². The van der Waals surface area contributed by atoms with Crippen LogP contribution in [-0.2, 0) is 16.1 Å². The van der Waals surface area contributed by atoms with Gasteiger partial charge in [0.05, 0.1) is 0 Å². The summed E-state index contributed by atoms with van der Waals surface area (Å²) < 4.78 is 12.5. The van der Waals surface area contributed by atoms with Crippen molar-refractivity contribution in [3.8, 4) is 0 Å². The number of hydrogen-bond donors (Lipinski definition) is 2. The first-order valence-electron chi connectivity index (χ1n) is 4.31. The van der Waals surface area contributed by atoms with Gasteiger partial charge in [0.15, 0.2) is 0 Å². The number of benzene rings is 1. The van der Waals surface area contributed by atoms with Crippen molar-refractivity contribution in [1.29, 1.82) is 0 Å². The standard InChI is InChI=1S/C10H10FNO3/c11-8-3-1-7(2-4-8)6-12-9(13)5-10(14)15/h1-4H,5-6H2,(H,12,13)(H,14,15). The molecule has 0 heterocycles. The lowest BCUT2D eigenvalue weighted by Crippen LogP contribution is -2.24. The maximum atomic E-state index is 12.5. The van der Waals surface area contributed by atoms with Crippen LogP contribution in [0.25, 0.3) is 0 Å². The first-order chi connectivity index (χ1) is 7.08. The molecule has 1 aromatic rings. The number of hydrogen-bond acceptors (Lipinski definition) is 2. The zero-order valence-corrected chi connectivity index (χ0v) is 7.87. The third kappa shape index (κ3) is 4.21. The molecule has 0 bridgehead atoms. The molecule has 0 spiro atoms. The number of carboxylic acid groups (broad SMARTS) is 1. The Hall–Kier alpha value is -1.91. The lowest BCUT2D eigenvalue weighted by molar-refractivity contribution is -0.140. The summed E-state index contributed by atoms with van der Waals surface area (Å²) in [5, 5.41) is 10.7. The Balaban J connectivity index is 2.40. The Kier molecular flexibility index (Phi) is 3.79. The maximum Gasteiger partial charge on any atom is 0.312 e. The van der Waals surface area contributed by atoms with E-state index in [-0.39, 0.29) is 12.4 Å². The van der Waals surface area contributed by atoms with Gasteiger partial charge >= 0.3 is 5.97 Å². The van der Waals surface area contributed by atoms with Crippen LogP contribution < -0.4 is 5.32 Å². The quantitative estimate of drug-likeness (QED) is 0.727. The van der Waals surface area contributed by atoms with Gasteiger partial charge < -0.3 is 10.4 Å². The van der Waals surface area contributed by atoms with Crippen molar-refractivity contribution in [3.05, 3.63) is 35.6 Å². The fraction of sp³-hybridized carbons (Fsp3) is 0.200. The van der Waals surface area contributed by atoms with E-state index in [1.807, 2.05) is 0 Å². The van der Waals surface area contributed by atoms with Crippen LogP contribution in [0.15, 0.2) is 24.3 Å². The molecular weight excluding hydrogens is 201 g/mol. The van der Waals surface area contributed by atoms with E-state index in [9.17, 15) is 14.0 Å². The molecule has 1 rings (SSSR count). The van der Waals surface area contributed by atoms with Crippen LogP contribution in [0.1, 0.15) is 12.0 Å². The van der Waals surface area contributed by atoms with E-state index in [4.69, 9.17) is 5.11 Å². The SMILES string of the molecule is O=C(O)CC(=O)NCc1ccc(F)cc1. The van der Waals surface area contributed by atoms with Gasteiger partial charge in [-0.25, -0.2) is 4.39 Å². The van der Waals surface area contributed by atoms with E-state index in [2.05, 4.69) is 5.32 Å². The summed E-state index contributed by atoms with van der Waals surface area (Å²) in [5.74, 6) is -2.09. The highest BCUT2D eigenvalue weighted by Crippen LogP contribution is 2.01. The molecule has 0 aliphatic rings. The van der Waals surface area contributed by atoms with Gasteiger partial charge in [-0.05, 0) is 17.7 Å². The van der Waals surface area contributed by atoms with Crippen LogP contribution in [0.2, 0.25) is 0 Å². The Morgan fingerprint density at radius 3 is 2.40 bits per heavy atom. The predicted octanol–water partition coefficient (Wildman–Crippen LogP) is 0.917. The number of carbonyl (C=O) groups excluding carboxylic acids is 1. The minimum absolute atomic E-state index is 0.201. The molecule has 0 saturated heterocycles. The molecule has 0 aliphatic heterocycles. The number of halogens is 1. The fourth-order valence-corrected chi connectivity index (χ4v) is 1.00. The zero-order chi connectivity index (χ0) is 11.3. The molecule has 0 atom stereocenters. The van der Waals surface area contributed by atoms with Crippen molar-refractivity contribution in [3.63, 3.8) is 0 Å². The van der Waals surface area contributed by atoms with Crippen LogP contribution in [0.4, 0.5) is 4.39 Å². The van der Waals surface area contributed by atoms with Crippen molar-refractivity contribution < 1.29 is 19.1 Å². The van der Waals surface area contributed by atoms with Gasteiger partial charge in [0.2, 0.25) is 5.91 Å². The zero-order valence-electron chi connectivity index (χ0n) is 7.87. The van der Waals surface area contributed by atoms with Crippen molar-refractivity contribution in [2.45, 2.75) is 13.0 Å². The van der Waals surface area contributed by atoms with Crippen molar-refractivity contribution in [2.24, 2.45) is 0 Å². The molecule has 0 aliphatic carbocycles. The van der Waals surface area contributed by atoms with Crippen molar-refractivity contribution >= 4 is 11.9 Å². The van der Waals surface area contributed by atoms with Gasteiger partial charge in [0.25, 0.3) is 0 Å². The maximum absolute atomic E-state index is 12.5. The van der Waals surface area contributed by atoms with Crippen LogP contribution in [-0.4, -0.2) is 17.0 Å². The van der Waals surface area contributed by atoms with Crippen LogP contribution in [0, 0.1) is 5.82 Å². The predicted molar refractivity (Wildman–Crippen MR) is 50.5 cm³/mol. The highest BCUT2D eigenvalue weighted by molar-refractivity contribution is 5.93. The third-order valence-electron chi connectivity index (χ3n) is 1.71. The molecule has 0 aromatic heterocycles. The normalized spacial score (nSPS) is 9.67. The minimum Gasteiger partial charge on any atom is -0.481 e. The second-order valence-electron chi connectivity index (χ2n) is 2.97. The van der Waals surface area contributed by atoms with Gasteiger partial charge in [-0.2, -0.15) is 0 Å². The monoisotopic (exact) mass is 211 g/mol. The average molecular weight is 211 g/mol. The van der Waals surface area contributed by atoms with Crippen molar-refractivity contribution in [2.75, 3.05) is 0 Å². The molecule has 4 nitrogen and oxygen atoms in total. The first kappa shape index (κ1) is 11.2. The van der Waals surface area contributed by atoms with E-state index in [1.54, 1.807) is 0 Å². The summed E-state index contributed by atoms with van der Waals surface area (Å²) in [6.07, 6.45) is -0.554. The Bertz CT molecular complexity index is 361. The molecule has 2 N–H and O–H groups in total. The molecular formula is C10H10FNO3. The van der Waals surface area contributed by atoms with Gasteiger partial charge in [-0.1, -0.05) is 12.1 Å². The number of aliphatic carboxylic acids is 1. The summed E-state index contributed by atoms with van der Waals surface area (Å²) in [7, 11) is 0. The average Bonchev–Trinajstić information content (AvgIpc) is 2.16. The third-order valence-corrected chi connectivity index (χ3v) is 1.71. The van der Waals surface area contributed by atoms with Gasteiger partial charge in [0.1, 0.15) is 12.2 Å². The molecule has 1 amide bonds. The summed E-state index contributed by atoms with van der Waals surface area (Å²) in [6.45, 7) is 0.201. The summed E-state index contributed by atoms with van der Waals surface area (Å²) in [6, 6.07) is 5.60. The lowest BCUT2D eigenvalue weighted by Gasteiger charge is -2.03. The van der Waals surface area contributed by atoms with Crippen LogP contribution >= 0.6 is 0 Å². The molecule has 0 saturated carbocycles. The molecule has 80 valence electrons. The second-order valence-corrected chi connectivity index (χ2v) is 2.97. The largest absolute Gasteiger partial charge is 0.481 e. The Morgan fingerprint density at radius 1 is 1.27 bits per heavy atom. The molecule has 0 radical (unpaired) electrons. The Labute approximate surface area is 85.7 Å². The molecule has 15 heavy (non-hydrogen) atoms. The summed E-state index contributed by atoms with van der Waals surface area (Å²) >= 11 is 0. The van der Waals surface area contributed by atoms with E-state index in [1.165, 1.54) is 24.3 Å². The van der Waals surface area contributed by atoms with Gasteiger partial charge in [-0.3, -0.25) is 9.59 Å². The minimum atomic E-state index is -1.17. The Morgan fingerprint density at radius 2 is 1.87 bits per heavy atom. The molecule has 5 heteroatoms. The van der Waals surface area contributed by atoms with E-state index in [0.717, 1.165) is 5.56 Å². The molecule has 0 unspecified atom stereocenters. The van der Waals surface area contributed by atoms with E-state index in [0.29, 0.717) is 0 Å². The van der Waals surface area contributed by atoms with Crippen molar-refractivity contribution in [1.82, 2.24) is 5.32 Å². The lowest BCUT2D eigenvalue weighted by atomic mass is 10.2. The van der Waals surface area contributed by atoms with Gasteiger partial charge in [-0.15, -0.1) is 0 Å². The number of carbonyl (C=O) groups is 2. The van der Waals surface area contributed by atoms with Crippen LogP contribution in [0.5, 0.6) is 0 Å². The second kappa shape index (κ2) is 5.09. The number of rotatable bonds is 4. The number of carboxylic acids is 1. The molecule has 1 aromatic carbocycles. The highest BCUT2D eigenvalue weighted by atomic mass is 19.1. The molecule has 0 fully saturated rings. The number of amides is 1. The van der Waals surface area contributed by atoms with E-state index < -0.39 is 18.3 Å². The summed E-state index contributed by atoms with van der Waals surface area (Å²) in [5.41, 5.74) is 0.718. The highest BCUT2D eigenvalue weighted by Gasteiger charge is 2.06.